The number of carbonyl (C=O) groups excluding carboxylic acids is 1. The fourth-order valence-corrected chi connectivity index (χ4v) is 1.69. The summed E-state index contributed by atoms with van der Waals surface area (Å²) in [7, 11) is 0. The summed E-state index contributed by atoms with van der Waals surface area (Å²) in [5, 5.41) is 2.80. The van der Waals surface area contributed by atoms with Crippen molar-refractivity contribution in [3.8, 4) is 5.75 Å². The third-order valence-electron chi connectivity index (χ3n) is 2.72. The van der Waals surface area contributed by atoms with Gasteiger partial charge in [0.25, 0.3) is 0 Å². The van der Waals surface area contributed by atoms with Crippen molar-refractivity contribution in [2.45, 2.75) is 19.4 Å². The lowest BCUT2D eigenvalue weighted by Gasteiger charge is -2.11. The fourth-order valence-electron chi connectivity index (χ4n) is 1.69. The zero-order chi connectivity index (χ0) is 14.4. The Hall–Kier alpha value is -2.37. The molecule has 20 heavy (non-hydrogen) atoms. The van der Waals surface area contributed by atoms with Crippen LogP contribution in [0.5, 0.6) is 5.75 Å². The Kier molecular flexibility index (Phi) is 4.70. The van der Waals surface area contributed by atoms with Crippen LogP contribution >= 0.6 is 0 Å². The second kappa shape index (κ2) is 6.70. The van der Waals surface area contributed by atoms with E-state index in [1.807, 2.05) is 6.92 Å². The Morgan fingerprint density at radius 1 is 1.45 bits per heavy atom. The minimum atomic E-state index is -0.317. The molecule has 5 nitrogen and oxygen atoms in total. The highest BCUT2D eigenvalue weighted by molar-refractivity contribution is 5.76. The van der Waals surface area contributed by atoms with Gasteiger partial charge >= 0.3 is 0 Å². The molecule has 6 heteroatoms. The first-order valence-electron chi connectivity index (χ1n) is 6.32. The van der Waals surface area contributed by atoms with E-state index in [0.29, 0.717) is 11.6 Å². The van der Waals surface area contributed by atoms with Gasteiger partial charge < -0.3 is 15.0 Å². The van der Waals surface area contributed by atoms with Crippen molar-refractivity contribution in [3.05, 3.63) is 48.3 Å². The second-order valence-electron chi connectivity index (χ2n) is 4.32. The number of rotatable bonds is 6. The van der Waals surface area contributed by atoms with Crippen LogP contribution in [0.1, 0.15) is 25.2 Å². The fraction of sp³-hybridized carbons (Fsp3) is 0.286. The molecular formula is C14H16FN3O2. The monoisotopic (exact) mass is 277 g/mol. The van der Waals surface area contributed by atoms with E-state index in [1.165, 1.54) is 24.3 Å². The van der Waals surface area contributed by atoms with Crippen molar-refractivity contribution >= 4 is 5.91 Å². The van der Waals surface area contributed by atoms with Crippen LogP contribution in [-0.4, -0.2) is 22.5 Å². The molecule has 0 saturated carbocycles. The highest BCUT2D eigenvalue weighted by Gasteiger charge is 2.11. The van der Waals surface area contributed by atoms with Gasteiger partial charge in [0.2, 0.25) is 5.91 Å². The zero-order valence-corrected chi connectivity index (χ0v) is 11.1. The van der Waals surface area contributed by atoms with E-state index >= 15 is 0 Å². The third kappa shape index (κ3) is 4.08. The molecule has 0 aliphatic heterocycles. The molecule has 1 atom stereocenters. The maximum atomic E-state index is 12.7. The quantitative estimate of drug-likeness (QED) is 0.850. The second-order valence-corrected chi connectivity index (χ2v) is 4.32. The number of nitrogens with one attached hydrogen (secondary N) is 2. The summed E-state index contributed by atoms with van der Waals surface area (Å²) in [5.41, 5.74) is 0. The highest BCUT2D eigenvalue weighted by atomic mass is 19.1. The minimum absolute atomic E-state index is 0.129. The van der Waals surface area contributed by atoms with Crippen LogP contribution in [-0.2, 0) is 4.79 Å². The smallest absolute Gasteiger partial charge is 0.224 e. The normalized spacial score (nSPS) is 11.9. The van der Waals surface area contributed by atoms with Crippen LogP contribution in [0, 0.1) is 5.82 Å². The number of benzene rings is 1. The summed E-state index contributed by atoms with van der Waals surface area (Å²) in [6.45, 7) is 2.08. The molecular weight excluding hydrogens is 261 g/mol. The number of carbonyl (C=O) groups is 1. The molecule has 2 aromatic rings. The molecule has 106 valence electrons. The summed E-state index contributed by atoms with van der Waals surface area (Å²) in [4.78, 5) is 18.7. The average Bonchev–Trinajstić information content (AvgIpc) is 2.95. The van der Waals surface area contributed by atoms with Crippen LogP contribution in [0.25, 0.3) is 0 Å². The van der Waals surface area contributed by atoms with Crippen LogP contribution in [0.15, 0.2) is 36.7 Å². The van der Waals surface area contributed by atoms with Crippen molar-refractivity contribution in [2.24, 2.45) is 0 Å². The minimum Gasteiger partial charge on any atom is -0.493 e. The number of hydrogen-bond donors (Lipinski definition) is 2. The number of H-pyrrole nitrogens is 1. The van der Waals surface area contributed by atoms with Crippen molar-refractivity contribution in [1.29, 1.82) is 0 Å². The first-order chi connectivity index (χ1) is 9.65. The maximum Gasteiger partial charge on any atom is 0.224 e. The predicted octanol–water partition coefficient (Wildman–Crippen LogP) is 2.20. The van der Waals surface area contributed by atoms with E-state index in [-0.39, 0.29) is 30.8 Å². The van der Waals surface area contributed by atoms with E-state index < -0.39 is 0 Å². The molecule has 1 amide bonds. The van der Waals surface area contributed by atoms with Crippen molar-refractivity contribution in [2.75, 3.05) is 6.61 Å². The first kappa shape index (κ1) is 14.0. The van der Waals surface area contributed by atoms with Gasteiger partial charge in [-0.2, -0.15) is 0 Å². The summed E-state index contributed by atoms with van der Waals surface area (Å²) >= 11 is 0. The van der Waals surface area contributed by atoms with Gasteiger partial charge in [0.05, 0.1) is 19.1 Å². The molecule has 0 saturated heterocycles. The molecule has 0 radical (unpaired) electrons. The number of nitrogens with zero attached hydrogens (tertiary/aromatic N) is 1. The Balaban J connectivity index is 1.71. The SMILES string of the molecule is CC(NC(=O)CCOc1ccc(F)cc1)c1ncc[nH]1. The molecule has 2 rings (SSSR count). The van der Waals surface area contributed by atoms with Crippen LogP contribution in [0.2, 0.25) is 0 Å². The summed E-state index contributed by atoms with van der Waals surface area (Å²) in [5.74, 6) is 0.800. The van der Waals surface area contributed by atoms with E-state index in [0.717, 1.165) is 0 Å². The van der Waals surface area contributed by atoms with Gasteiger partial charge in [-0.3, -0.25) is 4.79 Å². The van der Waals surface area contributed by atoms with Gasteiger partial charge in [-0.05, 0) is 31.2 Å². The van der Waals surface area contributed by atoms with E-state index in [2.05, 4.69) is 15.3 Å². The van der Waals surface area contributed by atoms with E-state index in [4.69, 9.17) is 4.74 Å². The first-order valence-corrected chi connectivity index (χ1v) is 6.32. The molecule has 1 heterocycles. The van der Waals surface area contributed by atoms with Crippen molar-refractivity contribution in [1.82, 2.24) is 15.3 Å². The molecule has 0 fully saturated rings. The standard InChI is InChI=1S/C14H16FN3O2/c1-10(14-16-7-8-17-14)18-13(19)6-9-20-12-4-2-11(15)3-5-12/h2-5,7-8,10H,6,9H2,1H3,(H,16,17)(H,18,19). The van der Waals surface area contributed by atoms with Gasteiger partial charge in [0.1, 0.15) is 17.4 Å². The number of amides is 1. The Bertz CT molecular complexity index is 540. The lowest BCUT2D eigenvalue weighted by atomic mass is 10.3. The lowest BCUT2D eigenvalue weighted by molar-refractivity contribution is -0.122. The summed E-state index contributed by atoms with van der Waals surface area (Å²) in [6, 6.07) is 5.50. The highest BCUT2D eigenvalue weighted by Crippen LogP contribution is 2.11. The van der Waals surface area contributed by atoms with Crippen LogP contribution < -0.4 is 10.1 Å². The van der Waals surface area contributed by atoms with E-state index in [9.17, 15) is 9.18 Å². The predicted molar refractivity (Wildman–Crippen MR) is 71.7 cm³/mol. The summed E-state index contributed by atoms with van der Waals surface area (Å²) < 4.78 is 18.0. The van der Waals surface area contributed by atoms with Gasteiger partial charge in [0.15, 0.2) is 0 Å². The van der Waals surface area contributed by atoms with E-state index in [1.54, 1.807) is 12.4 Å². The largest absolute Gasteiger partial charge is 0.493 e. The van der Waals surface area contributed by atoms with Crippen LogP contribution in [0.3, 0.4) is 0 Å². The molecule has 0 aliphatic rings. The van der Waals surface area contributed by atoms with Gasteiger partial charge in [-0.15, -0.1) is 0 Å². The zero-order valence-electron chi connectivity index (χ0n) is 11.1. The number of aromatic nitrogens is 2. The lowest BCUT2D eigenvalue weighted by Crippen LogP contribution is -2.28. The summed E-state index contributed by atoms with van der Waals surface area (Å²) in [6.07, 6.45) is 3.56. The third-order valence-corrected chi connectivity index (χ3v) is 2.72. The van der Waals surface area contributed by atoms with Crippen molar-refractivity contribution in [3.63, 3.8) is 0 Å². The molecule has 1 aromatic carbocycles. The number of halogens is 1. The van der Waals surface area contributed by atoms with Gasteiger partial charge in [0, 0.05) is 12.4 Å². The van der Waals surface area contributed by atoms with Gasteiger partial charge in [-0.25, -0.2) is 9.37 Å². The Labute approximate surface area is 116 Å². The number of imidazole rings is 1. The number of aromatic amines is 1. The maximum absolute atomic E-state index is 12.7. The van der Waals surface area contributed by atoms with Crippen molar-refractivity contribution < 1.29 is 13.9 Å². The van der Waals surface area contributed by atoms with Crippen LogP contribution in [0.4, 0.5) is 4.39 Å². The number of hydrogen-bond acceptors (Lipinski definition) is 3. The number of ether oxygens (including phenoxy) is 1. The molecule has 0 spiro atoms. The van der Waals surface area contributed by atoms with Gasteiger partial charge in [-0.1, -0.05) is 0 Å². The molecule has 2 N–H and O–H groups in total. The topological polar surface area (TPSA) is 67.0 Å². The molecule has 0 bridgehead atoms. The Morgan fingerprint density at radius 2 is 2.20 bits per heavy atom. The molecule has 1 unspecified atom stereocenters. The Morgan fingerprint density at radius 3 is 2.85 bits per heavy atom. The molecule has 0 aliphatic carbocycles. The molecule has 1 aromatic heterocycles. The average molecular weight is 277 g/mol.